The third-order valence-corrected chi connectivity index (χ3v) is 2.69. The van der Waals surface area contributed by atoms with Crippen molar-refractivity contribution in [3.8, 4) is 6.07 Å². The average Bonchev–Trinajstić information content (AvgIpc) is 2.31. The quantitative estimate of drug-likeness (QED) is 0.634. The van der Waals surface area contributed by atoms with Crippen molar-refractivity contribution in [2.24, 2.45) is 0 Å². The van der Waals surface area contributed by atoms with E-state index in [-0.39, 0.29) is 10.7 Å². The molecule has 0 spiro atoms. The zero-order valence-corrected chi connectivity index (χ0v) is 7.20. The van der Waals surface area contributed by atoms with Gasteiger partial charge in [0.15, 0.2) is 5.82 Å². The number of rotatable bonds is 1. The van der Waals surface area contributed by atoms with Crippen LogP contribution in [0, 0.1) is 17.1 Å². The van der Waals surface area contributed by atoms with Crippen LogP contribution in [0.15, 0.2) is 6.07 Å². The monoisotopic (exact) mass is 169 g/mol. The number of hydrogen-bond donors (Lipinski definition) is 0. The molecule has 0 aliphatic carbocycles. The summed E-state index contributed by atoms with van der Waals surface area (Å²) >= 11 is 1.23. The molecule has 0 aliphatic rings. The second kappa shape index (κ2) is 3.02. The van der Waals surface area contributed by atoms with Crippen LogP contribution in [-0.4, -0.2) is 0 Å². The maximum Gasteiger partial charge on any atom is 0.152 e. The minimum Gasteiger partial charge on any atom is -0.205 e. The maximum atomic E-state index is 12.8. The fraction of sp³-hybridized carbons (Fsp3) is 0.375. The van der Waals surface area contributed by atoms with Crippen LogP contribution in [-0.2, 0) is 0 Å². The number of hydrogen-bond acceptors (Lipinski definition) is 2. The van der Waals surface area contributed by atoms with Crippen LogP contribution < -0.4 is 0 Å². The van der Waals surface area contributed by atoms with E-state index in [1.165, 1.54) is 17.4 Å². The zero-order chi connectivity index (χ0) is 8.43. The summed E-state index contributed by atoms with van der Waals surface area (Å²) in [6.07, 6.45) is 0. The third kappa shape index (κ3) is 1.58. The number of nitriles is 1. The van der Waals surface area contributed by atoms with Crippen molar-refractivity contribution in [1.82, 2.24) is 0 Å². The van der Waals surface area contributed by atoms with Gasteiger partial charge in [0.1, 0.15) is 10.9 Å². The van der Waals surface area contributed by atoms with Crippen molar-refractivity contribution in [3.05, 3.63) is 21.6 Å². The first-order chi connectivity index (χ1) is 5.15. The molecule has 0 aromatic carbocycles. The van der Waals surface area contributed by atoms with Gasteiger partial charge in [0.2, 0.25) is 0 Å². The summed E-state index contributed by atoms with van der Waals surface area (Å²) in [4.78, 5) is 1.12. The van der Waals surface area contributed by atoms with Crippen molar-refractivity contribution >= 4 is 11.3 Å². The Hall–Kier alpha value is -0.880. The average molecular weight is 169 g/mol. The molecule has 0 saturated heterocycles. The normalized spacial score (nSPS) is 10.1. The summed E-state index contributed by atoms with van der Waals surface area (Å²) in [5.74, 6) is -0.0854. The van der Waals surface area contributed by atoms with Gasteiger partial charge in [0.25, 0.3) is 0 Å². The van der Waals surface area contributed by atoms with E-state index in [4.69, 9.17) is 5.26 Å². The maximum absolute atomic E-state index is 12.8. The van der Waals surface area contributed by atoms with Gasteiger partial charge in [-0.3, -0.25) is 0 Å². The van der Waals surface area contributed by atoms with E-state index in [0.29, 0.717) is 5.92 Å². The highest BCUT2D eigenvalue weighted by Gasteiger charge is 2.09. The molecule has 1 aromatic heterocycles. The zero-order valence-electron chi connectivity index (χ0n) is 6.39. The van der Waals surface area contributed by atoms with E-state index >= 15 is 0 Å². The molecule has 1 nitrogen and oxygen atoms in total. The Morgan fingerprint density at radius 2 is 2.27 bits per heavy atom. The standard InChI is InChI=1S/C8H8FNS/c1-5(2)7-3-6(9)8(4-10)11-7/h3,5H,1-2H3. The molecule has 1 aromatic rings. The Morgan fingerprint density at radius 3 is 2.55 bits per heavy atom. The lowest BCUT2D eigenvalue weighted by atomic mass is 10.2. The van der Waals surface area contributed by atoms with Gasteiger partial charge in [0, 0.05) is 4.88 Å². The third-order valence-electron chi connectivity index (χ3n) is 1.38. The van der Waals surface area contributed by atoms with E-state index in [9.17, 15) is 4.39 Å². The van der Waals surface area contributed by atoms with Gasteiger partial charge in [-0.2, -0.15) is 5.26 Å². The second-order valence-corrected chi connectivity index (χ2v) is 3.68. The van der Waals surface area contributed by atoms with Crippen molar-refractivity contribution in [1.29, 1.82) is 5.26 Å². The van der Waals surface area contributed by atoms with Crippen LogP contribution in [0.25, 0.3) is 0 Å². The number of halogens is 1. The number of nitrogens with zero attached hydrogens (tertiary/aromatic N) is 1. The number of thiophene rings is 1. The Balaban J connectivity index is 3.07. The van der Waals surface area contributed by atoms with Gasteiger partial charge in [-0.05, 0) is 12.0 Å². The molecule has 0 atom stereocenters. The smallest absolute Gasteiger partial charge is 0.152 e. The van der Waals surface area contributed by atoms with E-state index < -0.39 is 0 Å². The van der Waals surface area contributed by atoms with Gasteiger partial charge in [0.05, 0.1) is 0 Å². The molecular weight excluding hydrogens is 161 g/mol. The topological polar surface area (TPSA) is 23.8 Å². The first kappa shape index (κ1) is 8.22. The van der Waals surface area contributed by atoms with Gasteiger partial charge < -0.3 is 0 Å². The first-order valence-corrected chi connectivity index (χ1v) is 4.16. The van der Waals surface area contributed by atoms with Gasteiger partial charge in [-0.1, -0.05) is 13.8 Å². The molecule has 0 unspecified atom stereocenters. The highest BCUT2D eigenvalue weighted by atomic mass is 32.1. The minimum atomic E-state index is -0.388. The first-order valence-electron chi connectivity index (χ1n) is 3.34. The molecule has 0 radical (unpaired) electrons. The Morgan fingerprint density at radius 1 is 1.64 bits per heavy atom. The highest BCUT2D eigenvalue weighted by molar-refractivity contribution is 7.12. The van der Waals surface area contributed by atoms with Crippen molar-refractivity contribution in [2.45, 2.75) is 19.8 Å². The fourth-order valence-corrected chi connectivity index (χ4v) is 1.58. The minimum absolute atomic E-state index is 0.189. The van der Waals surface area contributed by atoms with Crippen LogP contribution in [0.1, 0.15) is 29.5 Å². The molecule has 1 heterocycles. The predicted octanol–water partition coefficient (Wildman–Crippen LogP) is 2.88. The molecule has 0 N–H and O–H groups in total. The van der Waals surface area contributed by atoms with Gasteiger partial charge in [-0.25, -0.2) is 4.39 Å². The summed E-state index contributed by atoms with van der Waals surface area (Å²) < 4.78 is 12.8. The Bertz CT molecular complexity index is 296. The van der Waals surface area contributed by atoms with Crippen LogP contribution >= 0.6 is 11.3 Å². The van der Waals surface area contributed by atoms with Crippen molar-refractivity contribution in [3.63, 3.8) is 0 Å². The van der Waals surface area contributed by atoms with Crippen LogP contribution in [0.4, 0.5) is 4.39 Å². The predicted molar refractivity (Wildman–Crippen MR) is 43.1 cm³/mol. The van der Waals surface area contributed by atoms with Crippen molar-refractivity contribution < 1.29 is 4.39 Å². The molecular formula is C8H8FNS. The lowest BCUT2D eigenvalue weighted by Gasteiger charge is -1.95. The Labute approximate surface area is 69.1 Å². The molecule has 1 rings (SSSR count). The lowest BCUT2D eigenvalue weighted by molar-refractivity contribution is 0.628. The molecule has 0 saturated carbocycles. The van der Waals surface area contributed by atoms with Crippen molar-refractivity contribution in [2.75, 3.05) is 0 Å². The fourth-order valence-electron chi connectivity index (χ4n) is 0.747. The highest BCUT2D eigenvalue weighted by Crippen LogP contribution is 2.26. The second-order valence-electron chi connectivity index (χ2n) is 2.59. The molecule has 0 aliphatic heterocycles. The van der Waals surface area contributed by atoms with Gasteiger partial charge in [-0.15, -0.1) is 11.3 Å². The molecule has 11 heavy (non-hydrogen) atoms. The van der Waals surface area contributed by atoms with E-state index in [1.54, 1.807) is 0 Å². The molecule has 0 bridgehead atoms. The van der Waals surface area contributed by atoms with Gasteiger partial charge >= 0.3 is 0 Å². The SMILES string of the molecule is CC(C)c1cc(F)c(C#N)s1. The molecule has 0 fully saturated rings. The molecule has 3 heteroatoms. The summed E-state index contributed by atoms with van der Waals surface area (Å²) in [6.45, 7) is 3.96. The van der Waals surface area contributed by atoms with E-state index in [0.717, 1.165) is 4.88 Å². The van der Waals surface area contributed by atoms with E-state index in [1.807, 2.05) is 19.9 Å². The summed E-state index contributed by atoms with van der Waals surface area (Å²) in [5.41, 5.74) is 0. The van der Waals surface area contributed by atoms with Crippen LogP contribution in [0.5, 0.6) is 0 Å². The largest absolute Gasteiger partial charge is 0.205 e. The Kier molecular flexibility index (Phi) is 2.25. The lowest BCUT2D eigenvalue weighted by Crippen LogP contribution is -1.78. The summed E-state index contributed by atoms with van der Waals surface area (Å²) in [5, 5.41) is 8.43. The summed E-state index contributed by atoms with van der Waals surface area (Å²) in [6, 6.07) is 3.25. The summed E-state index contributed by atoms with van der Waals surface area (Å²) in [7, 11) is 0. The van der Waals surface area contributed by atoms with Crippen LogP contribution in [0.2, 0.25) is 0 Å². The van der Waals surface area contributed by atoms with Crippen LogP contribution in [0.3, 0.4) is 0 Å². The molecule has 58 valence electrons. The molecule has 0 amide bonds. The van der Waals surface area contributed by atoms with E-state index in [2.05, 4.69) is 0 Å².